The molecule has 1 aliphatic rings. The van der Waals surface area contributed by atoms with Gasteiger partial charge in [-0.1, -0.05) is 6.92 Å². The first-order chi connectivity index (χ1) is 6.24. The largest absolute Gasteiger partial charge is 0.384 e. The zero-order valence-electron chi connectivity index (χ0n) is 8.58. The van der Waals surface area contributed by atoms with Crippen molar-refractivity contribution in [3.8, 4) is 0 Å². The van der Waals surface area contributed by atoms with Gasteiger partial charge < -0.3 is 9.64 Å². The van der Waals surface area contributed by atoms with Gasteiger partial charge in [0, 0.05) is 20.2 Å². The molecular formula is C10H19NO2. The van der Waals surface area contributed by atoms with Crippen LogP contribution in [0.1, 0.15) is 26.2 Å². The molecule has 0 aromatic rings. The van der Waals surface area contributed by atoms with Gasteiger partial charge >= 0.3 is 0 Å². The van der Waals surface area contributed by atoms with Crippen molar-refractivity contribution in [3.63, 3.8) is 0 Å². The first-order valence-corrected chi connectivity index (χ1v) is 5.00. The summed E-state index contributed by atoms with van der Waals surface area (Å²) in [7, 11) is 1.63. The monoisotopic (exact) mass is 185 g/mol. The van der Waals surface area contributed by atoms with E-state index in [2.05, 4.69) is 6.92 Å². The fourth-order valence-electron chi connectivity index (χ4n) is 1.76. The van der Waals surface area contributed by atoms with Crippen LogP contribution in [0, 0.1) is 5.92 Å². The van der Waals surface area contributed by atoms with E-state index in [-0.39, 0.29) is 5.91 Å². The maximum absolute atomic E-state index is 11.5. The Kier molecular flexibility index (Phi) is 4.22. The predicted octanol–water partition coefficient (Wildman–Crippen LogP) is 1.28. The Bertz CT molecular complexity index is 170. The van der Waals surface area contributed by atoms with E-state index in [1.54, 1.807) is 7.11 Å². The third-order valence-corrected chi connectivity index (χ3v) is 2.53. The van der Waals surface area contributed by atoms with Gasteiger partial charge in [0.15, 0.2) is 0 Å². The van der Waals surface area contributed by atoms with E-state index < -0.39 is 0 Å². The van der Waals surface area contributed by atoms with E-state index in [4.69, 9.17) is 4.74 Å². The molecule has 0 spiro atoms. The smallest absolute Gasteiger partial charge is 0.224 e. The Balaban J connectivity index is 2.28. The van der Waals surface area contributed by atoms with Crippen molar-refractivity contribution >= 4 is 5.91 Å². The van der Waals surface area contributed by atoms with Crippen LogP contribution in [0.25, 0.3) is 0 Å². The molecule has 13 heavy (non-hydrogen) atoms. The molecule has 0 aromatic carbocycles. The molecule has 0 radical (unpaired) electrons. The van der Waals surface area contributed by atoms with Crippen LogP contribution in [0.15, 0.2) is 0 Å². The summed E-state index contributed by atoms with van der Waals surface area (Å²) in [5.74, 6) is 0.911. The first kappa shape index (κ1) is 10.5. The molecule has 3 heteroatoms. The van der Waals surface area contributed by atoms with E-state index >= 15 is 0 Å². The second-order valence-electron chi connectivity index (χ2n) is 3.83. The maximum Gasteiger partial charge on any atom is 0.224 e. The van der Waals surface area contributed by atoms with E-state index in [1.165, 1.54) is 6.42 Å². The minimum absolute atomic E-state index is 0.244. The number of rotatable bonds is 3. The average Bonchev–Trinajstić information content (AvgIpc) is 2.14. The summed E-state index contributed by atoms with van der Waals surface area (Å²) in [6.45, 7) is 4.62. The topological polar surface area (TPSA) is 29.5 Å². The lowest BCUT2D eigenvalue weighted by Crippen LogP contribution is -2.39. The molecule has 0 aromatic heterocycles. The second-order valence-corrected chi connectivity index (χ2v) is 3.83. The summed E-state index contributed by atoms with van der Waals surface area (Å²) >= 11 is 0. The number of likely N-dealkylation sites (tertiary alicyclic amines) is 1. The molecule has 3 nitrogen and oxygen atoms in total. The number of nitrogens with zero attached hydrogens (tertiary/aromatic N) is 1. The van der Waals surface area contributed by atoms with Crippen LogP contribution < -0.4 is 0 Å². The minimum Gasteiger partial charge on any atom is -0.384 e. The number of carbonyl (C=O) groups is 1. The Labute approximate surface area is 80.1 Å². The summed E-state index contributed by atoms with van der Waals surface area (Å²) in [5.41, 5.74) is 0. The van der Waals surface area contributed by atoms with Crippen LogP contribution in [0.5, 0.6) is 0 Å². The van der Waals surface area contributed by atoms with E-state index in [0.717, 1.165) is 19.5 Å². The SMILES string of the molecule is COCCC(=O)N1CCCC(C)C1. The Morgan fingerprint density at radius 3 is 3.00 bits per heavy atom. The van der Waals surface area contributed by atoms with Crippen molar-refractivity contribution in [2.24, 2.45) is 5.92 Å². The van der Waals surface area contributed by atoms with Gasteiger partial charge in [-0.05, 0) is 18.8 Å². The van der Waals surface area contributed by atoms with E-state index in [9.17, 15) is 4.79 Å². The van der Waals surface area contributed by atoms with Crippen LogP contribution in [0.2, 0.25) is 0 Å². The van der Waals surface area contributed by atoms with Crippen LogP contribution in [-0.4, -0.2) is 37.6 Å². The molecular weight excluding hydrogens is 166 g/mol. The molecule has 76 valence electrons. The zero-order chi connectivity index (χ0) is 9.68. The van der Waals surface area contributed by atoms with Gasteiger partial charge in [-0.3, -0.25) is 4.79 Å². The lowest BCUT2D eigenvalue weighted by atomic mass is 10.0. The molecule has 0 aliphatic carbocycles. The molecule has 0 N–H and O–H groups in total. The quantitative estimate of drug-likeness (QED) is 0.663. The molecule has 1 fully saturated rings. The number of hydrogen-bond donors (Lipinski definition) is 0. The molecule has 0 saturated carbocycles. The lowest BCUT2D eigenvalue weighted by molar-refractivity contribution is -0.133. The number of hydrogen-bond acceptors (Lipinski definition) is 2. The highest BCUT2D eigenvalue weighted by Crippen LogP contribution is 2.15. The highest BCUT2D eigenvalue weighted by atomic mass is 16.5. The van der Waals surface area contributed by atoms with Crippen LogP contribution in [0.4, 0.5) is 0 Å². The third-order valence-electron chi connectivity index (χ3n) is 2.53. The van der Waals surface area contributed by atoms with Gasteiger partial charge in [-0.2, -0.15) is 0 Å². The van der Waals surface area contributed by atoms with Crippen molar-refractivity contribution < 1.29 is 9.53 Å². The highest BCUT2D eigenvalue weighted by Gasteiger charge is 2.19. The van der Waals surface area contributed by atoms with Gasteiger partial charge in [0.2, 0.25) is 5.91 Å². The number of ether oxygens (including phenoxy) is 1. The molecule has 1 rings (SSSR count). The summed E-state index contributed by atoms with van der Waals surface area (Å²) in [5, 5.41) is 0. The van der Waals surface area contributed by atoms with Gasteiger partial charge in [-0.15, -0.1) is 0 Å². The summed E-state index contributed by atoms with van der Waals surface area (Å²) in [4.78, 5) is 13.5. The Morgan fingerprint density at radius 1 is 1.62 bits per heavy atom. The number of amides is 1. The number of methoxy groups -OCH3 is 1. The van der Waals surface area contributed by atoms with Crippen LogP contribution in [-0.2, 0) is 9.53 Å². The van der Waals surface area contributed by atoms with E-state index in [0.29, 0.717) is 18.9 Å². The fraction of sp³-hybridized carbons (Fsp3) is 0.900. The van der Waals surface area contributed by atoms with Gasteiger partial charge in [0.05, 0.1) is 13.0 Å². The van der Waals surface area contributed by atoms with Gasteiger partial charge in [0.1, 0.15) is 0 Å². The molecule has 1 unspecified atom stereocenters. The minimum atomic E-state index is 0.244. The summed E-state index contributed by atoms with van der Waals surface area (Å²) in [6, 6.07) is 0. The molecule has 1 aliphatic heterocycles. The van der Waals surface area contributed by atoms with Crippen molar-refractivity contribution in [2.45, 2.75) is 26.2 Å². The van der Waals surface area contributed by atoms with Gasteiger partial charge in [0.25, 0.3) is 0 Å². The standard InChI is InChI=1S/C10H19NO2/c1-9-4-3-6-11(8-9)10(12)5-7-13-2/h9H,3-8H2,1-2H3. The highest BCUT2D eigenvalue weighted by molar-refractivity contribution is 5.76. The lowest BCUT2D eigenvalue weighted by Gasteiger charge is -2.30. The molecule has 1 atom stereocenters. The van der Waals surface area contributed by atoms with Crippen molar-refractivity contribution in [1.29, 1.82) is 0 Å². The normalized spacial score (nSPS) is 23.2. The van der Waals surface area contributed by atoms with Crippen molar-refractivity contribution in [1.82, 2.24) is 4.90 Å². The Hall–Kier alpha value is -0.570. The number of piperidine rings is 1. The van der Waals surface area contributed by atoms with Gasteiger partial charge in [-0.25, -0.2) is 0 Å². The second kappa shape index (κ2) is 5.22. The molecule has 1 amide bonds. The molecule has 0 bridgehead atoms. The fourth-order valence-corrected chi connectivity index (χ4v) is 1.76. The average molecular weight is 185 g/mol. The summed E-state index contributed by atoms with van der Waals surface area (Å²) in [6.07, 6.45) is 2.94. The summed E-state index contributed by atoms with van der Waals surface area (Å²) < 4.78 is 4.88. The van der Waals surface area contributed by atoms with Crippen LogP contribution >= 0.6 is 0 Å². The maximum atomic E-state index is 11.5. The van der Waals surface area contributed by atoms with E-state index in [1.807, 2.05) is 4.90 Å². The Morgan fingerprint density at radius 2 is 2.38 bits per heavy atom. The molecule has 1 saturated heterocycles. The molecule has 1 heterocycles. The zero-order valence-corrected chi connectivity index (χ0v) is 8.58. The number of carbonyl (C=O) groups excluding carboxylic acids is 1. The van der Waals surface area contributed by atoms with Crippen molar-refractivity contribution in [3.05, 3.63) is 0 Å². The van der Waals surface area contributed by atoms with Crippen molar-refractivity contribution in [2.75, 3.05) is 26.8 Å². The van der Waals surface area contributed by atoms with Crippen LogP contribution in [0.3, 0.4) is 0 Å². The predicted molar refractivity (Wildman–Crippen MR) is 51.5 cm³/mol. The first-order valence-electron chi connectivity index (χ1n) is 5.00. The third kappa shape index (κ3) is 3.35.